The summed E-state index contributed by atoms with van der Waals surface area (Å²) in [5.74, 6) is 0.732. The van der Waals surface area contributed by atoms with Crippen LogP contribution < -0.4 is 5.32 Å². The smallest absolute Gasteiger partial charge is 0.0417 e. The van der Waals surface area contributed by atoms with Crippen molar-refractivity contribution < 1.29 is 0 Å². The number of nitrogens with one attached hydrogen (secondary N) is 1. The Balaban J connectivity index is 2.78. The highest BCUT2D eigenvalue weighted by Gasteiger charge is 2.15. The van der Waals surface area contributed by atoms with Crippen molar-refractivity contribution in [1.29, 1.82) is 0 Å². The van der Waals surface area contributed by atoms with E-state index in [4.69, 9.17) is 0 Å². The lowest BCUT2D eigenvalue weighted by Gasteiger charge is -2.18. The summed E-state index contributed by atoms with van der Waals surface area (Å²) in [6.45, 7) is 9.92. The normalized spacial score (nSPS) is 13.5. The summed E-state index contributed by atoms with van der Waals surface area (Å²) < 4.78 is 1.24. The predicted octanol–water partition coefficient (Wildman–Crippen LogP) is 4.52. The van der Waals surface area contributed by atoms with E-state index < -0.39 is 0 Å². The molecule has 0 aliphatic heterocycles. The van der Waals surface area contributed by atoms with Gasteiger partial charge in [-0.25, -0.2) is 0 Å². The third-order valence-corrected chi connectivity index (χ3v) is 4.63. The Morgan fingerprint density at radius 2 is 2.13 bits per heavy atom. The van der Waals surface area contributed by atoms with Crippen LogP contribution in [-0.2, 0) is 0 Å². The Bertz CT molecular complexity index is 287. The number of thiophene rings is 1. The fraction of sp³-hybridized carbons (Fsp3) is 0.667. The predicted molar refractivity (Wildman–Crippen MR) is 72.6 cm³/mol. The summed E-state index contributed by atoms with van der Waals surface area (Å²) in [5, 5.41) is 3.56. The summed E-state index contributed by atoms with van der Waals surface area (Å²) in [7, 11) is 0. The van der Waals surface area contributed by atoms with Crippen LogP contribution in [0.25, 0.3) is 0 Å². The van der Waals surface area contributed by atoms with Gasteiger partial charge in [-0.15, -0.1) is 11.3 Å². The fourth-order valence-corrected chi connectivity index (χ4v) is 3.32. The lowest BCUT2D eigenvalue weighted by molar-refractivity contribution is 0.443. The molecule has 0 aromatic carbocycles. The highest BCUT2D eigenvalue weighted by molar-refractivity contribution is 9.10. The van der Waals surface area contributed by atoms with Gasteiger partial charge < -0.3 is 5.32 Å². The van der Waals surface area contributed by atoms with Crippen LogP contribution in [0.4, 0.5) is 0 Å². The third kappa shape index (κ3) is 3.89. The van der Waals surface area contributed by atoms with Crippen molar-refractivity contribution in [1.82, 2.24) is 5.32 Å². The van der Waals surface area contributed by atoms with Gasteiger partial charge in [0.05, 0.1) is 0 Å². The van der Waals surface area contributed by atoms with Gasteiger partial charge in [0.2, 0.25) is 0 Å². The molecule has 0 bridgehead atoms. The van der Waals surface area contributed by atoms with Gasteiger partial charge in [-0.2, -0.15) is 0 Å². The number of rotatable bonds is 5. The Hall–Kier alpha value is 0.140. The number of hydrogen-bond donors (Lipinski definition) is 1. The summed E-state index contributed by atoms with van der Waals surface area (Å²) in [5.41, 5.74) is 0. The van der Waals surface area contributed by atoms with Gasteiger partial charge in [-0.1, -0.05) is 20.8 Å². The minimum atomic E-state index is 0.519. The van der Waals surface area contributed by atoms with Crippen molar-refractivity contribution in [3.63, 3.8) is 0 Å². The molecule has 1 unspecified atom stereocenters. The van der Waals surface area contributed by atoms with Crippen molar-refractivity contribution in [2.45, 2.75) is 40.2 Å². The summed E-state index contributed by atoms with van der Waals surface area (Å²) >= 11 is 5.48. The van der Waals surface area contributed by atoms with Crippen molar-refractivity contribution in [3.8, 4) is 0 Å². The molecular weight excluding hydrogens is 270 g/mol. The van der Waals surface area contributed by atoms with Crippen molar-refractivity contribution in [3.05, 3.63) is 20.3 Å². The third-order valence-electron chi connectivity index (χ3n) is 2.38. The van der Waals surface area contributed by atoms with Crippen LogP contribution >= 0.6 is 27.3 Å². The van der Waals surface area contributed by atoms with Crippen LogP contribution in [0.5, 0.6) is 0 Å². The van der Waals surface area contributed by atoms with E-state index in [1.807, 2.05) is 11.3 Å². The molecule has 1 aromatic rings. The average Bonchev–Trinajstić information content (AvgIpc) is 2.46. The maximum Gasteiger partial charge on any atom is 0.0417 e. The highest BCUT2D eigenvalue weighted by Crippen LogP contribution is 2.33. The molecule has 0 radical (unpaired) electrons. The van der Waals surface area contributed by atoms with Gasteiger partial charge in [0.25, 0.3) is 0 Å². The van der Waals surface area contributed by atoms with Gasteiger partial charge in [-0.3, -0.25) is 0 Å². The average molecular weight is 290 g/mol. The second kappa shape index (κ2) is 6.02. The van der Waals surface area contributed by atoms with Gasteiger partial charge in [0, 0.05) is 20.3 Å². The molecule has 1 heterocycles. The second-order valence-electron chi connectivity index (χ2n) is 4.29. The van der Waals surface area contributed by atoms with E-state index in [-0.39, 0.29) is 0 Å². The van der Waals surface area contributed by atoms with E-state index >= 15 is 0 Å². The van der Waals surface area contributed by atoms with E-state index in [1.54, 1.807) is 0 Å². The highest BCUT2D eigenvalue weighted by atomic mass is 79.9. The van der Waals surface area contributed by atoms with Crippen LogP contribution in [-0.4, -0.2) is 6.54 Å². The molecule has 1 atom stereocenters. The van der Waals surface area contributed by atoms with E-state index in [9.17, 15) is 0 Å². The Kier molecular flexibility index (Phi) is 5.30. The molecule has 1 aromatic heterocycles. The molecule has 0 spiro atoms. The maximum absolute atomic E-state index is 3.58. The first-order valence-electron chi connectivity index (χ1n) is 5.53. The first kappa shape index (κ1) is 13.2. The lowest BCUT2D eigenvalue weighted by Crippen LogP contribution is -2.21. The molecule has 0 saturated heterocycles. The van der Waals surface area contributed by atoms with Gasteiger partial charge >= 0.3 is 0 Å². The molecule has 0 amide bonds. The van der Waals surface area contributed by atoms with E-state index in [0.717, 1.165) is 12.5 Å². The second-order valence-corrected chi connectivity index (χ2v) is 6.43. The molecule has 0 aliphatic rings. The molecule has 3 heteroatoms. The molecule has 1 N–H and O–H groups in total. The largest absolute Gasteiger partial charge is 0.310 e. The van der Waals surface area contributed by atoms with Crippen LogP contribution in [0.2, 0.25) is 0 Å². The van der Waals surface area contributed by atoms with E-state index in [1.165, 1.54) is 20.6 Å². The molecule has 0 saturated carbocycles. The zero-order chi connectivity index (χ0) is 11.4. The Morgan fingerprint density at radius 1 is 1.47 bits per heavy atom. The van der Waals surface area contributed by atoms with Crippen molar-refractivity contribution in [2.24, 2.45) is 5.92 Å². The van der Waals surface area contributed by atoms with Gasteiger partial charge in [0.15, 0.2) is 0 Å². The molecule has 86 valence electrons. The van der Waals surface area contributed by atoms with Crippen LogP contribution in [0.1, 0.15) is 43.0 Å². The van der Waals surface area contributed by atoms with Gasteiger partial charge in [-0.05, 0) is 47.8 Å². The standard InChI is InChI=1S/C12H20BrNS/c1-5-14-11(6-8(2)3)12-7-10(13)9(4)15-12/h7-8,11,14H,5-6H2,1-4H3. The molecule has 15 heavy (non-hydrogen) atoms. The summed E-state index contributed by atoms with van der Waals surface area (Å²) in [4.78, 5) is 2.83. The minimum absolute atomic E-state index is 0.519. The number of aryl methyl sites for hydroxylation is 1. The van der Waals surface area contributed by atoms with Crippen LogP contribution in [0.3, 0.4) is 0 Å². The van der Waals surface area contributed by atoms with Gasteiger partial charge in [0.1, 0.15) is 0 Å². The zero-order valence-corrected chi connectivity index (χ0v) is 12.3. The molecule has 1 nitrogen and oxygen atoms in total. The SMILES string of the molecule is CCNC(CC(C)C)c1cc(Br)c(C)s1. The van der Waals surface area contributed by atoms with E-state index in [2.05, 4.69) is 55.0 Å². The zero-order valence-electron chi connectivity index (χ0n) is 9.93. The van der Waals surface area contributed by atoms with Crippen molar-refractivity contribution >= 4 is 27.3 Å². The monoisotopic (exact) mass is 289 g/mol. The first-order chi connectivity index (χ1) is 7.04. The number of hydrogen-bond acceptors (Lipinski definition) is 2. The minimum Gasteiger partial charge on any atom is -0.310 e. The Morgan fingerprint density at radius 3 is 2.53 bits per heavy atom. The van der Waals surface area contributed by atoms with Crippen molar-refractivity contribution in [2.75, 3.05) is 6.54 Å². The van der Waals surface area contributed by atoms with Crippen LogP contribution in [0, 0.1) is 12.8 Å². The Labute approximate surface area is 105 Å². The maximum atomic E-state index is 3.58. The molecule has 0 aliphatic carbocycles. The molecular formula is C12H20BrNS. The van der Waals surface area contributed by atoms with E-state index in [0.29, 0.717) is 6.04 Å². The topological polar surface area (TPSA) is 12.0 Å². The quantitative estimate of drug-likeness (QED) is 0.841. The first-order valence-corrected chi connectivity index (χ1v) is 7.14. The summed E-state index contributed by atoms with van der Waals surface area (Å²) in [6, 6.07) is 2.78. The molecule has 0 fully saturated rings. The van der Waals surface area contributed by atoms with Crippen LogP contribution in [0.15, 0.2) is 10.5 Å². The summed E-state index contributed by atoms with van der Waals surface area (Å²) in [6.07, 6.45) is 1.21. The lowest BCUT2D eigenvalue weighted by atomic mass is 10.0. The number of halogens is 1. The fourth-order valence-electron chi connectivity index (χ4n) is 1.67. The molecule has 1 rings (SSSR count).